The lowest BCUT2D eigenvalue weighted by atomic mass is 10.1. The van der Waals surface area contributed by atoms with Gasteiger partial charge in [-0.2, -0.15) is 0 Å². The van der Waals surface area contributed by atoms with Gasteiger partial charge in [-0.25, -0.2) is 0 Å². The van der Waals surface area contributed by atoms with E-state index in [0.717, 1.165) is 50.7 Å². The van der Waals surface area contributed by atoms with Gasteiger partial charge in [0.25, 0.3) is 0 Å². The Kier molecular flexibility index (Phi) is 10.3. The highest BCUT2D eigenvalue weighted by Crippen LogP contribution is 2.25. The molecule has 1 aliphatic heterocycles. The number of hydrogen-bond acceptors (Lipinski definition) is 3. The third kappa shape index (κ3) is 7.51. The van der Waals surface area contributed by atoms with Gasteiger partial charge >= 0.3 is 0 Å². The topological polar surface area (TPSA) is 59.9 Å². The van der Waals surface area contributed by atoms with Gasteiger partial charge in [0.05, 0.1) is 12.6 Å². The molecule has 5 nitrogen and oxygen atoms in total. The van der Waals surface area contributed by atoms with Crippen molar-refractivity contribution in [1.29, 1.82) is 0 Å². The zero-order valence-electron chi connectivity index (χ0n) is 17.2. The van der Waals surface area contributed by atoms with Crippen LogP contribution in [0.3, 0.4) is 0 Å². The molecule has 2 aromatic rings. The first-order valence-corrected chi connectivity index (χ1v) is 10.4. The Morgan fingerprint density at radius 3 is 2.52 bits per heavy atom. The zero-order valence-corrected chi connectivity index (χ0v) is 19.5. The van der Waals surface area contributed by atoms with Crippen LogP contribution in [0.1, 0.15) is 36.9 Å². The van der Waals surface area contributed by atoms with Crippen molar-refractivity contribution in [2.45, 2.75) is 32.2 Å². The third-order valence-corrected chi connectivity index (χ3v) is 5.15. The molecule has 0 saturated carbocycles. The normalized spacial score (nSPS) is 15.6. The van der Waals surface area contributed by atoms with Crippen LogP contribution in [0.15, 0.2) is 59.6 Å². The van der Waals surface area contributed by atoms with E-state index in [1.54, 1.807) is 6.07 Å². The quantitative estimate of drug-likeness (QED) is 0.287. The van der Waals surface area contributed by atoms with E-state index >= 15 is 0 Å². The van der Waals surface area contributed by atoms with Gasteiger partial charge in [0, 0.05) is 13.1 Å². The first-order chi connectivity index (χ1) is 13.8. The van der Waals surface area contributed by atoms with E-state index in [0.29, 0.717) is 11.8 Å². The molecule has 0 aromatic heterocycles. The van der Waals surface area contributed by atoms with Crippen LogP contribution in [0.2, 0.25) is 0 Å². The van der Waals surface area contributed by atoms with Crippen LogP contribution in [0.5, 0.6) is 5.75 Å². The van der Waals surface area contributed by atoms with Crippen LogP contribution < -0.4 is 10.6 Å². The standard InChI is InChI=1S/C23H32N4O.HI/c1-2-24-23(25-14-13-19-9-8-12-21(28)17-19)26-18-22(27-15-6-7-16-27)20-10-4-3-5-11-20;/h3-5,8-12,17,22,28H,2,6-7,13-16,18H2,1H3,(H2,24,25,26);1H. The molecule has 1 saturated heterocycles. The molecule has 3 rings (SSSR count). The summed E-state index contributed by atoms with van der Waals surface area (Å²) in [5, 5.41) is 16.4. The van der Waals surface area contributed by atoms with E-state index in [1.165, 1.54) is 18.4 Å². The molecule has 6 heteroatoms. The summed E-state index contributed by atoms with van der Waals surface area (Å²) in [6, 6.07) is 18.5. The smallest absolute Gasteiger partial charge is 0.191 e. The van der Waals surface area contributed by atoms with E-state index in [9.17, 15) is 5.11 Å². The van der Waals surface area contributed by atoms with Gasteiger partial charge in [-0.15, -0.1) is 24.0 Å². The summed E-state index contributed by atoms with van der Waals surface area (Å²) >= 11 is 0. The number of halogens is 1. The van der Waals surface area contributed by atoms with Crippen LogP contribution in [0.25, 0.3) is 0 Å². The van der Waals surface area contributed by atoms with Crippen molar-refractivity contribution >= 4 is 29.9 Å². The predicted octanol–water partition coefficient (Wildman–Crippen LogP) is 3.94. The minimum absolute atomic E-state index is 0. The molecule has 3 N–H and O–H groups in total. The Hall–Kier alpha value is -1.80. The van der Waals surface area contributed by atoms with Gasteiger partial charge in [0.15, 0.2) is 5.96 Å². The number of aromatic hydroxyl groups is 1. The summed E-state index contributed by atoms with van der Waals surface area (Å²) in [6.45, 7) is 6.73. The number of guanidine groups is 1. The molecule has 0 spiro atoms. The van der Waals surface area contributed by atoms with Crippen molar-refractivity contribution in [2.75, 3.05) is 32.7 Å². The molecule has 0 aliphatic carbocycles. The number of phenols is 1. The molecular formula is C23H33IN4O. The van der Waals surface area contributed by atoms with Crippen LogP contribution in [0, 0.1) is 0 Å². The first kappa shape index (κ1) is 23.5. The zero-order chi connectivity index (χ0) is 19.6. The maximum absolute atomic E-state index is 9.60. The second kappa shape index (κ2) is 12.7. The highest BCUT2D eigenvalue weighted by molar-refractivity contribution is 14.0. The van der Waals surface area contributed by atoms with E-state index in [-0.39, 0.29) is 24.0 Å². The number of rotatable bonds is 8. The van der Waals surface area contributed by atoms with Gasteiger partial charge in [-0.05, 0) is 62.5 Å². The van der Waals surface area contributed by atoms with Crippen molar-refractivity contribution in [1.82, 2.24) is 15.5 Å². The summed E-state index contributed by atoms with van der Waals surface area (Å²) < 4.78 is 0. The lowest BCUT2D eigenvalue weighted by molar-refractivity contribution is 0.251. The Bertz CT molecular complexity index is 748. The first-order valence-electron chi connectivity index (χ1n) is 10.4. The lowest BCUT2D eigenvalue weighted by Crippen LogP contribution is -2.39. The molecule has 29 heavy (non-hydrogen) atoms. The largest absolute Gasteiger partial charge is 0.508 e. The number of nitrogens with one attached hydrogen (secondary N) is 2. The number of phenolic OH excluding ortho intramolecular Hbond substituents is 1. The van der Waals surface area contributed by atoms with E-state index < -0.39 is 0 Å². The fourth-order valence-electron chi connectivity index (χ4n) is 3.72. The summed E-state index contributed by atoms with van der Waals surface area (Å²) in [4.78, 5) is 7.44. The molecule has 158 valence electrons. The van der Waals surface area contributed by atoms with Crippen molar-refractivity contribution in [3.63, 3.8) is 0 Å². The van der Waals surface area contributed by atoms with Crippen molar-refractivity contribution < 1.29 is 5.11 Å². The highest BCUT2D eigenvalue weighted by atomic mass is 127. The van der Waals surface area contributed by atoms with E-state index in [4.69, 9.17) is 4.99 Å². The molecule has 1 unspecified atom stereocenters. The minimum atomic E-state index is 0. The van der Waals surface area contributed by atoms with Gasteiger partial charge in [0.1, 0.15) is 5.75 Å². The molecule has 0 radical (unpaired) electrons. The second-order valence-electron chi connectivity index (χ2n) is 7.24. The molecule has 0 amide bonds. The van der Waals surface area contributed by atoms with E-state index in [2.05, 4.69) is 52.8 Å². The lowest BCUT2D eigenvalue weighted by Gasteiger charge is -2.27. The van der Waals surface area contributed by atoms with Gasteiger partial charge in [-0.3, -0.25) is 9.89 Å². The van der Waals surface area contributed by atoms with Crippen LogP contribution in [0.4, 0.5) is 0 Å². The fraction of sp³-hybridized carbons (Fsp3) is 0.435. The third-order valence-electron chi connectivity index (χ3n) is 5.15. The number of hydrogen-bond donors (Lipinski definition) is 3. The Balaban J connectivity index is 0.00000300. The Labute approximate surface area is 191 Å². The second-order valence-corrected chi connectivity index (χ2v) is 7.24. The molecule has 1 fully saturated rings. The summed E-state index contributed by atoms with van der Waals surface area (Å²) in [5.74, 6) is 1.16. The maximum Gasteiger partial charge on any atom is 0.191 e. The monoisotopic (exact) mass is 508 g/mol. The summed E-state index contributed by atoms with van der Waals surface area (Å²) in [6.07, 6.45) is 3.39. The van der Waals surface area contributed by atoms with Gasteiger partial charge in [-0.1, -0.05) is 42.5 Å². The maximum atomic E-state index is 9.60. The Morgan fingerprint density at radius 1 is 1.07 bits per heavy atom. The fourth-order valence-corrected chi connectivity index (χ4v) is 3.72. The SMILES string of the molecule is CCNC(=NCC(c1ccccc1)N1CCCC1)NCCc1cccc(O)c1.I. The minimum Gasteiger partial charge on any atom is -0.508 e. The Morgan fingerprint density at radius 2 is 1.83 bits per heavy atom. The van der Waals surface area contributed by atoms with Crippen molar-refractivity contribution in [3.8, 4) is 5.75 Å². The number of benzene rings is 2. The molecule has 2 aromatic carbocycles. The number of aliphatic imine (C=N–C) groups is 1. The number of nitrogens with zero attached hydrogens (tertiary/aromatic N) is 2. The highest BCUT2D eigenvalue weighted by Gasteiger charge is 2.23. The van der Waals surface area contributed by atoms with E-state index in [1.807, 2.05) is 18.2 Å². The summed E-state index contributed by atoms with van der Waals surface area (Å²) in [5.41, 5.74) is 2.45. The van der Waals surface area contributed by atoms with Crippen LogP contribution in [-0.4, -0.2) is 48.7 Å². The molecule has 1 heterocycles. The molecular weight excluding hydrogens is 475 g/mol. The average Bonchev–Trinajstić information content (AvgIpc) is 3.23. The predicted molar refractivity (Wildman–Crippen MR) is 131 cm³/mol. The molecule has 1 aliphatic rings. The van der Waals surface area contributed by atoms with Crippen LogP contribution in [-0.2, 0) is 6.42 Å². The molecule has 0 bridgehead atoms. The van der Waals surface area contributed by atoms with Gasteiger partial charge < -0.3 is 15.7 Å². The van der Waals surface area contributed by atoms with Crippen molar-refractivity contribution in [3.05, 3.63) is 65.7 Å². The molecule has 1 atom stereocenters. The average molecular weight is 508 g/mol. The number of likely N-dealkylation sites (tertiary alicyclic amines) is 1. The summed E-state index contributed by atoms with van der Waals surface area (Å²) in [7, 11) is 0. The van der Waals surface area contributed by atoms with Crippen molar-refractivity contribution in [2.24, 2.45) is 4.99 Å². The van der Waals surface area contributed by atoms with Crippen LogP contribution >= 0.6 is 24.0 Å². The van der Waals surface area contributed by atoms with Gasteiger partial charge in [0.2, 0.25) is 0 Å².